The molecular formula is C23H25N5O4. The first-order valence-electron chi connectivity index (χ1n) is 10.5. The number of hydrogen-bond acceptors (Lipinski definition) is 5. The summed E-state index contributed by atoms with van der Waals surface area (Å²) in [6.45, 7) is 1.17. The van der Waals surface area contributed by atoms with E-state index in [1.165, 1.54) is 0 Å². The van der Waals surface area contributed by atoms with Gasteiger partial charge in [-0.3, -0.25) is 14.5 Å². The minimum atomic E-state index is -0.853. The number of rotatable bonds is 9. The summed E-state index contributed by atoms with van der Waals surface area (Å²) in [6, 6.07) is 13.9. The van der Waals surface area contributed by atoms with Crippen LogP contribution in [0.15, 0.2) is 54.9 Å². The van der Waals surface area contributed by atoms with Crippen LogP contribution in [0.1, 0.15) is 12.0 Å². The molecule has 0 bridgehead atoms. The van der Waals surface area contributed by atoms with E-state index >= 15 is 0 Å². The summed E-state index contributed by atoms with van der Waals surface area (Å²) in [7, 11) is 1.58. The van der Waals surface area contributed by atoms with E-state index < -0.39 is 12.1 Å². The Morgan fingerprint density at radius 2 is 1.91 bits per heavy atom. The Kier molecular flexibility index (Phi) is 6.34. The maximum Gasteiger partial charge on any atom is 0.324 e. The third-order valence-electron chi connectivity index (χ3n) is 5.50. The third kappa shape index (κ3) is 4.56. The van der Waals surface area contributed by atoms with Crippen molar-refractivity contribution in [2.75, 3.05) is 20.2 Å². The van der Waals surface area contributed by atoms with Gasteiger partial charge in [0.1, 0.15) is 11.8 Å². The smallest absolute Gasteiger partial charge is 0.324 e. The highest BCUT2D eigenvalue weighted by atomic mass is 16.5. The molecule has 2 heterocycles. The van der Waals surface area contributed by atoms with Crippen LogP contribution in [-0.4, -0.2) is 58.5 Å². The van der Waals surface area contributed by atoms with Crippen LogP contribution in [0.25, 0.3) is 11.0 Å². The van der Waals surface area contributed by atoms with Crippen LogP contribution in [0.2, 0.25) is 0 Å². The van der Waals surface area contributed by atoms with E-state index in [9.17, 15) is 14.4 Å². The number of imidazole rings is 1. The normalized spacial score (nSPS) is 15.8. The molecule has 3 aromatic rings. The largest absolute Gasteiger partial charge is 0.496 e. The number of hydrogen-bond donors (Lipinski definition) is 2. The number of nitrogens with zero attached hydrogens (tertiary/aromatic N) is 3. The SMILES string of the molecule is COc1ccccc1CCN1C(=O)NC(CC(=O)NCCn2cnc3ccccc32)C1=O. The van der Waals surface area contributed by atoms with Gasteiger partial charge < -0.3 is 19.9 Å². The van der Waals surface area contributed by atoms with Crippen molar-refractivity contribution in [2.24, 2.45) is 0 Å². The van der Waals surface area contributed by atoms with Crippen LogP contribution in [0, 0.1) is 0 Å². The third-order valence-corrected chi connectivity index (χ3v) is 5.50. The number of imide groups is 1. The lowest BCUT2D eigenvalue weighted by Crippen LogP contribution is -2.37. The standard InChI is InChI=1S/C23H25N5O4/c1-32-20-9-5-2-6-16(20)10-12-28-22(30)18(26-23(28)31)14-21(29)24-11-13-27-15-25-17-7-3-4-8-19(17)27/h2-9,15,18H,10-14H2,1H3,(H,24,29)(H,26,31). The molecular weight excluding hydrogens is 410 g/mol. The molecule has 32 heavy (non-hydrogen) atoms. The van der Waals surface area contributed by atoms with Crippen molar-refractivity contribution < 1.29 is 19.1 Å². The van der Waals surface area contributed by atoms with E-state index in [4.69, 9.17) is 4.74 Å². The zero-order valence-corrected chi connectivity index (χ0v) is 17.8. The molecule has 1 fully saturated rings. The zero-order chi connectivity index (χ0) is 22.5. The Labute approximate surface area is 185 Å². The highest BCUT2D eigenvalue weighted by Crippen LogP contribution is 2.19. The molecule has 4 rings (SSSR count). The predicted octanol–water partition coefficient (Wildman–Crippen LogP) is 1.71. The molecule has 1 aromatic heterocycles. The van der Waals surface area contributed by atoms with Gasteiger partial charge in [-0.2, -0.15) is 0 Å². The van der Waals surface area contributed by atoms with Gasteiger partial charge in [0.15, 0.2) is 0 Å². The van der Waals surface area contributed by atoms with Gasteiger partial charge in [0, 0.05) is 19.6 Å². The first-order valence-corrected chi connectivity index (χ1v) is 10.5. The lowest BCUT2D eigenvalue weighted by molar-refractivity contribution is -0.130. The molecule has 166 valence electrons. The van der Waals surface area contributed by atoms with Crippen LogP contribution < -0.4 is 15.4 Å². The summed E-state index contributed by atoms with van der Waals surface area (Å²) in [5.74, 6) is 0.0291. The molecule has 0 spiro atoms. The molecule has 9 heteroatoms. The van der Waals surface area contributed by atoms with E-state index in [0.717, 1.165) is 21.5 Å². The fourth-order valence-electron chi connectivity index (χ4n) is 3.83. The van der Waals surface area contributed by atoms with Crippen molar-refractivity contribution in [2.45, 2.75) is 25.4 Å². The Bertz CT molecular complexity index is 1140. The van der Waals surface area contributed by atoms with E-state index in [0.29, 0.717) is 25.3 Å². The van der Waals surface area contributed by atoms with Crippen molar-refractivity contribution in [3.05, 3.63) is 60.4 Å². The number of amides is 4. The average Bonchev–Trinajstić information content (AvgIpc) is 3.33. The fourth-order valence-corrected chi connectivity index (χ4v) is 3.83. The van der Waals surface area contributed by atoms with E-state index in [1.54, 1.807) is 13.4 Å². The van der Waals surface area contributed by atoms with Crippen LogP contribution in [0.3, 0.4) is 0 Å². The number of benzene rings is 2. The molecule has 1 atom stereocenters. The van der Waals surface area contributed by atoms with Crippen molar-refractivity contribution in [1.29, 1.82) is 0 Å². The molecule has 1 aliphatic rings. The summed E-state index contributed by atoms with van der Waals surface area (Å²) < 4.78 is 7.27. The molecule has 1 aliphatic heterocycles. The Morgan fingerprint density at radius 1 is 1.12 bits per heavy atom. The number of carbonyl (C=O) groups is 3. The van der Waals surface area contributed by atoms with Crippen molar-refractivity contribution >= 4 is 28.9 Å². The minimum absolute atomic E-state index is 0.0968. The molecule has 0 aliphatic carbocycles. The number of ether oxygens (including phenoxy) is 1. The molecule has 2 aromatic carbocycles. The Hall–Kier alpha value is -3.88. The molecule has 0 saturated carbocycles. The quantitative estimate of drug-likeness (QED) is 0.498. The van der Waals surface area contributed by atoms with Crippen molar-refractivity contribution in [1.82, 2.24) is 25.1 Å². The van der Waals surface area contributed by atoms with Gasteiger partial charge in [0.2, 0.25) is 5.91 Å². The monoisotopic (exact) mass is 435 g/mol. The van der Waals surface area contributed by atoms with Crippen LogP contribution in [0.5, 0.6) is 5.75 Å². The summed E-state index contributed by atoms with van der Waals surface area (Å²) in [6.07, 6.45) is 2.11. The van der Waals surface area contributed by atoms with Gasteiger partial charge >= 0.3 is 6.03 Å². The highest BCUT2D eigenvalue weighted by molar-refractivity contribution is 6.05. The number of methoxy groups -OCH3 is 1. The summed E-state index contributed by atoms with van der Waals surface area (Å²) in [5, 5.41) is 5.42. The minimum Gasteiger partial charge on any atom is -0.496 e. The van der Waals surface area contributed by atoms with Crippen LogP contribution in [-0.2, 0) is 22.6 Å². The highest BCUT2D eigenvalue weighted by Gasteiger charge is 2.38. The first kappa shape index (κ1) is 21.4. The molecule has 9 nitrogen and oxygen atoms in total. The number of nitrogens with one attached hydrogen (secondary N) is 2. The van der Waals surface area contributed by atoms with Gasteiger partial charge in [-0.1, -0.05) is 30.3 Å². The van der Waals surface area contributed by atoms with Crippen molar-refractivity contribution in [3.63, 3.8) is 0 Å². The molecule has 4 amide bonds. The van der Waals surface area contributed by atoms with Gasteiger partial charge in [-0.15, -0.1) is 0 Å². The van der Waals surface area contributed by atoms with E-state index in [-0.39, 0.29) is 24.8 Å². The first-order chi connectivity index (χ1) is 15.6. The topological polar surface area (TPSA) is 106 Å². The van der Waals surface area contributed by atoms with Gasteiger partial charge in [0.05, 0.1) is 30.9 Å². The van der Waals surface area contributed by atoms with Crippen molar-refractivity contribution in [3.8, 4) is 5.75 Å². The summed E-state index contributed by atoms with van der Waals surface area (Å²) in [5.41, 5.74) is 2.79. The lowest BCUT2D eigenvalue weighted by Gasteiger charge is -2.14. The second-order valence-electron chi connectivity index (χ2n) is 7.53. The maximum atomic E-state index is 12.7. The maximum absolute atomic E-state index is 12.7. The fraction of sp³-hybridized carbons (Fsp3) is 0.304. The number of para-hydroxylation sites is 3. The molecule has 1 saturated heterocycles. The van der Waals surface area contributed by atoms with E-state index in [1.807, 2.05) is 53.1 Å². The number of urea groups is 1. The second kappa shape index (κ2) is 9.51. The number of carbonyl (C=O) groups excluding carboxylic acids is 3. The molecule has 1 unspecified atom stereocenters. The Balaban J connectivity index is 1.26. The predicted molar refractivity (Wildman–Crippen MR) is 118 cm³/mol. The summed E-state index contributed by atoms with van der Waals surface area (Å²) >= 11 is 0. The number of fused-ring (bicyclic) bond motifs is 1. The average molecular weight is 435 g/mol. The van der Waals surface area contributed by atoms with Crippen LogP contribution in [0.4, 0.5) is 4.79 Å². The number of aromatic nitrogens is 2. The Morgan fingerprint density at radius 3 is 2.75 bits per heavy atom. The van der Waals surface area contributed by atoms with Gasteiger partial charge in [-0.25, -0.2) is 9.78 Å². The van der Waals surface area contributed by atoms with Gasteiger partial charge in [0.25, 0.3) is 5.91 Å². The zero-order valence-electron chi connectivity index (χ0n) is 17.8. The van der Waals surface area contributed by atoms with Crippen LogP contribution >= 0.6 is 0 Å². The lowest BCUT2D eigenvalue weighted by atomic mass is 10.1. The van der Waals surface area contributed by atoms with Gasteiger partial charge in [-0.05, 0) is 30.2 Å². The summed E-state index contributed by atoms with van der Waals surface area (Å²) in [4.78, 5) is 42.7. The molecule has 2 N–H and O–H groups in total. The van der Waals surface area contributed by atoms with E-state index in [2.05, 4.69) is 15.6 Å². The second-order valence-corrected chi connectivity index (χ2v) is 7.53. The molecule has 0 radical (unpaired) electrons.